The van der Waals surface area contributed by atoms with Gasteiger partial charge in [-0.05, 0) is 51.0 Å². The third-order valence-corrected chi connectivity index (χ3v) is 6.79. The van der Waals surface area contributed by atoms with Crippen LogP contribution in [-0.4, -0.2) is 55.9 Å². The molecule has 1 aliphatic rings. The molecule has 1 saturated carbocycles. The first-order valence-electron chi connectivity index (χ1n) is 11.7. The predicted molar refractivity (Wildman–Crippen MR) is 136 cm³/mol. The van der Waals surface area contributed by atoms with Crippen LogP contribution in [0.3, 0.4) is 0 Å². The Balaban J connectivity index is 1.48. The van der Waals surface area contributed by atoms with E-state index in [1.807, 2.05) is 26.0 Å². The summed E-state index contributed by atoms with van der Waals surface area (Å²) in [5, 5.41) is 13.6. The molecule has 0 aromatic carbocycles. The Morgan fingerprint density at radius 1 is 1.25 bits per heavy atom. The fraction of sp³-hybridized carbons (Fsp3) is 0.320. The highest BCUT2D eigenvalue weighted by Crippen LogP contribution is 2.35. The highest BCUT2D eigenvalue weighted by atomic mass is 16.5. The summed E-state index contributed by atoms with van der Waals surface area (Å²) in [6.45, 7) is 3.87. The number of ether oxygens (including phenoxy) is 1. The molecule has 11 nitrogen and oxygen atoms in total. The number of hydrogen-bond acceptors (Lipinski definition) is 8. The molecular formula is C25H28N8O3. The zero-order valence-electron chi connectivity index (χ0n) is 20.6. The second kappa shape index (κ2) is 9.08. The summed E-state index contributed by atoms with van der Waals surface area (Å²) >= 11 is 0. The molecule has 0 bridgehead atoms. The Hall–Kier alpha value is -4.25. The Morgan fingerprint density at radius 2 is 2.08 bits per heavy atom. The third-order valence-electron chi connectivity index (χ3n) is 6.79. The Kier molecular flexibility index (Phi) is 5.92. The molecule has 0 spiro atoms. The monoisotopic (exact) mass is 488 g/mol. The quantitative estimate of drug-likeness (QED) is 0.362. The molecule has 0 saturated heterocycles. The maximum atomic E-state index is 13.2. The minimum Gasteiger partial charge on any atom is -0.376 e. The molecule has 1 aliphatic carbocycles. The van der Waals surface area contributed by atoms with Crippen LogP contribution in [0.1, 0.15) is 35.8 Å². The van der Waals surface area contributed by atoms with Crippen LogP contribution in [0.25, 0.3) is 11.3 Å². The largest absolute Gasteiger partial charge is 0.376 e. The number of rotatable bonds is 7. The lowest BCUT2D eigenvalue weighted by Crippen LogP contribution is -2.59. The van der Waals surface area contributed by atoms with Crippen LogP contribution < -0.4 is 21.5 Å². The van der Waals surface area contributed by atoms with E-state index in [1.54, 1.807) is 49.3 Å². The SMILES string of the molecule is CNc1cc(Nc2cccn(-c3ccc(C)nc3)c2=O)nc2c(C(=O)NC3CC[C@@]3(C)OC)cnn12. The van der Waals surface area contributed by atoms with Crippen molar-refractivity contribution >= 4 is 28.9 Å². The number of aromatic nitrogens is 5. The highest BCUT2D eigenvalue weighted by molar-refractivity contribution is 6.00. The molecule has 186 valence electrons. The molecule has 4 heterocycles. The van der Waals surface area contributed by atoms with Gasteiger partial charge in [-0.2, -0.15) is 9.61 Å². The van der Waals surface area contributed by atoms with Crippen LogP contribution in [0.5, 0.6) is 0 Å². The zero-order chi connectivity index (χ0) is 25.4. The zero-order valence-corrected chi connectivity index (χ0v) is 20.6. The molecule has 4 aromatic heterocycles. The van der Waals surface area contributed by atoms with Crippen molar-refractivity contribution in [1.29, 1.82) is 0 Å². The summed E-state index contributed by atoms with van der Waals surface area (Å²) in [6.07, 6.45) is 6.55. The maximum absolute atomic E-state index is 13.2. The summed E-state index contributed by atoms with van der Waals surface area (Å²) < 4.78 is 8.63. The highest BCUT2D eigenvalue weighted by Gasteiger charge is 2.44. The minimum absolute atomic E-state index is 0.0888. The van der Waals surface area contributed by atoms with E-state index in [9.17, 15) is 9.59 Å². The number of carbonyl (C=O) groups excluding carboxylic acids is 1. The Labute approximate surface area is 207 Å². The van der Waals surface area contributed by atoms with E-state index in [0.29, 0.717) is 34.2 Å². The number of aryl methyl sites for hydroxylation is 1. The Morgan fingerprint density at radius 3 is 2.75 bits per heavy atom. The fourth-order valence-electron chi connectivity index (χ4n) is 4.30. The molecule has 3 N–H and O–H groups in total. The van der Waals surface area contributed by atoms with Gasteiger partial charge in [0.15, 0.2) is 5.65 Å². The topological polar surface area (TPSA) is 127 Å². The second-order valence-corrected chi connectivity index (χ2v) is 9.03. The number of carbonyl (C=O) groups is 1. The normalized spacial score (nSPS) is 19.1. The molecule has 0 radical (unpaired) electrons. The van der Waals surface area contributed by atoms with Gasteiger partial charge in [-0.25, -0.2) is 4.98 Å². The molecule has 0 aliphatic heterocycles. The number of fused-ring (bicyclic) bond motifs is 1. The summed E-state index contributed by atoms with van der Waals surface area (Å²) in [5.41, 5.74) is 1.90. The van der Waals surface area contributed by atoms with Gasteiger partial charge in [0.25, 0.3) is 11.5 Å². The van der Waals surface area contributed by atoms with Crippen molar-refractivity contribution < 1.29 is 9.53 Å². The van der Waals surface area contributed by atoms with Crippen molar-refractivity contribution in [2.24, 2.45) is 0 Å². The lowest BCUT2D eigenvalue weighted by molar-refractivity contribution is -0.0828. The third kappa shape index (κ3) is 4.07. The molecule has 4 aromatic rings. The number of hydrogen-bond donors (Lipinski definition) is 3. The summed E-state index contributed by atoms with van der Waals surface area (Å²) in [6, 6.07) is 8.77. The van der Waals surface area contributed by atoms with E-state index in [1.165, 1.54) is 10.8 Å². The predicted octanol–water partition coefficient (Wildman–Crippen LogP) is 2.67. The molecular weight excluding hydrogens is 460 g/mol. The lowest BCUT2D eigenvalue weighted by atomic mass is 9.76. The average Bonchev–Trinajstić information content (AvgIpc) is 3.31. The molecule has 1 fully saturated rings. The van der Waals surface area contributed by atoms with Crippen molar-refractivity contribution in [2.45, 2.75) is 38.3 Å². The van der Waals surface area contributed by atoms with Gasteiger partial charge in [-0.15, -0.1) is 0 Å². The molecule has 1 amide bonds. The van der Waals surface area contributed by atoms with Crippen LogP contribution in [0.2, 0.25) is 0 Å². The molecule has 1 unspecified atom stereocenters. The summed E-state index contributed by atoms with van der Waals surface area (Å²) in [5.74, 6) is 0.716. The first kappa shape index (κ1) is 23.5. The Bertz CT molecular complexity index is 1490. The van der Waals surface area contributed by atoms with Gasteiger partial charge in [0.05, 0.1) is 29.7 Å². The van der Waals surface area contributed by atoms with Crippen LogP contribution in [-0.2, 0) is 4.74 Å². The van der Waals surface area contributed by atoms with Gasteiger partial charge in [0.2, 0.25) is 0 Å². The van der Waals surface area contributed by atoms with Gasteiger partial charge < -0.3 is 20.7 Å². The number of amides is 1. The molecule has 36 heavy (non-hydrogen) atoms. The van der Waals surface area contributed by atoms with Crippen LogP contribution >= 0.6 is 0 Å². The number of nitrogens with zero attached hydrogens (tertiary/aromatic N) is 5. The van der Waals surface area contributed by atoms with Crippen molar-refractivity contribution in [3.63, 3.8) is 0 Å². The minimum atomic E-state index is -0.380. The maximum Gasteiger partial charge on any atom is 0.278 e. The standard InChI is InChI=1S/C25H28N8O3/c1-15-7-8-16(13-27-15)32-11-5-6-18(24(32)35)29-20-12-21(26-3)33-22(31-20)17(14-28-33)23(34)30-19-9-10-25(19,2)36-4/h5-8,11-14,19,26H,9-10H2,1-4H3,(H,29,31)(H,30,34)/t19?,25-/m1/s1. The van der Waals surface area contributed by atoms with E-state index in [2.05, 4.69) is 31.0 Å². The number of methoxy groups -OCH3 is 1. The van der Waals surface area contributed by atoms with Gasteiger partial charge in [-0.1, -0.05) is 0 Å². The van der Waals surface area contributed by atoms with E-state index in [-0.39, 0.29) is 23.1 Å². The number of anilines is 3. The fourth-order valence-corrected chi connectivity index (χ4v) is 4.30. The smallest absolute Gasteiger partial charge is 0.278 e. The van der Waals surface area contributed by atoms with Crippen molar-refractivity contribution in [2.75, 3.05) is 24.8 Å². The molecule has 5 rings (SSSR count). The van der Waals surface area contributed by atoms with Crippen LogP contribution in [0, 0.1) is 6.92 Å². The first-order chi connectivity index (χ1) is 17.3. The van der Waals surface area contributed by atoms with E-state index < -0.39 is 0 Å². The van der Waals surface area contributed by atoms with Gasteiger partial charge in [0, 0.05) is 32.1 Å². The second-order valence-electron chi connectivity index (χ2n) is 9.03. The van der Waals surface area contributed by atoms with Gasteiger partial charge in [-0.3, -0.25) is 19.1 Å². The number of pyridine rings is 2. The van der Waals surface area contributed by atoms with Crippen molar-refractivity contribution in [1.82, 2.24) is 29.5 Å². The average molecular weight is 489 g/mol. The first-order valence-corrected chi connectivity index (χ1v) is 11.7. The summed E-state index contributed by atoms with van der Waals surface area (Å²) in [4.78, 5) is 35.2. The van der Waals surface area contributed by atoms with Gasteiger partial charge >= 0.3 is 0 Å². The van der Waals surface area contributed by atoms with E-state index in [0.717, 1.165) is 18.5 Å². The van der Waals surface area contributed by atoms with E-state index in [4.69, 9.17) is 4.74 Å². The van der Waals surface area contributed by atoms with Crippen LogP contribution in [0.4, 0.5) is 17.3 Å². The van der Waals surface area contributed by atoms with Crippen molar-refractivity contribution in [3.05, 3.63) is 70.5 Å². The molecule has 2 atom stereocenters. The number of nitrogens with one attached hydrogen (secondary N) is 3. The van der Waals surface area contributed by atoms with Gasteiger partial charge in [0.1, 0.15) is 22.9 Å². The van der Waals surface area contributed by atoms with Crippen LogP contribution in [0.15, 0.2) is 53.7 Å². The molecule has 11 heteroatoms. The lowest BCUT2D eigenvalue weighted by Gasteiger charge is -2.45. The van der Waals surface area contributed by atoms with E-state index >= 15 is 0 Å². The summed E-state index contributed by atoms with van der Waals surface area (Å²) in [7, 11) is 3.40. The van der Waals surface area contributed by atoms with Crippen molar-refractivity contribution in [3.8, 4) is 5.69 Å².